The van der Waals surface area contributed by atoms with Gasteiger partial charge in [-0.25, -0.2) is 0 Å². The number of aliphatic carboxylic acids is 1. The van der Waals surface area contributed by atoms with E-state index in [-0.39, 0.29) is 31.2 Å². The second kappa shape index (κ2) is 6.71. The third-order valence-corrected chi connectivity index (χ3v) is 3.95. The maximum atomic E-state index is 12.1. The number of halogens is 1. The first-order valence-electron chi connectivity index (χ1n) is 6.53. The minimum atomic E-state index is -0.965. The van der Waals surface area contributed by atoms with Gasteiger partial charge in [0.05, 0.1) is 18.0 Å². The Morgan fingerprint density at radius 3 is 2.76 bits per heavy atom. The molecule has 0 saturated carbocycles. The zero-order chi connectivity index (χ0) is 15.4. The van der Waals surface area contributed by atoms with Crippen LogP contribution < -0.4 is 10.2 Å². The van der Waals surface area contributed by atoms with Crippen LogP contribution in [-0.2, 0) is 14.4 Å². The second-order valence-corrected chi connectivity index (χ2v) is 5.65. The normalized spacial score (nSPS) is 17.9. The zero-order valence-corrected chi connectivity index (χ0v) is 12.8. The molecule has 1 aliphatic heterocycles. The quantitative estimate of drug-likeness (QED) is 0.836. The summed E-state index contributed by atoms with van der Waals surface area (Å²) in [6.07, 6.45) is 0.0145. The number of carbonyl (C=O) groups is 3. The summed E-state index contributed by atoms with van der Waals surface area (Å²) in [6.45, 7) is 0.383. The number of nitrogens with one attached hydrogen (secondary N) is 1. The molecule has 1 unspecified atom stereocenters. The van der Waals surface area contributed by atoms with E-state index in [1.165, 1.54) is 0 Å². The van der Waals surface area contributed by atoms with E-state index in [9.17, 15) is 14.4 Å². The lowest BCUT2D eigenvalue weighted by molar-refractivity contribution is -0.137. The van der Waals surface area contributed by atoms with Crippen LogP contribution in [0.3, 0.4) is 0 Å². The molecule has 0 aromatic heterocycles. The van der Waals surface area contributed by atoms with Crippen molar-refractivity contribution in [1.29, 1.82) is 0 Å². The van der Waals surface area contributed by atoms with Gasteiger partial charge in [0.25, 0.3) is 0 Å². The van der Waals surface area contributed by atoms with Crippen molar-refractivity contribution in [1.82, 2.24) is 5.32 Å². The predicted molar refractivity (Wildman–Crippen MR) is 79.9 cm³/mol. The fraction of sp³-hybridized carbons (Fsp3) is 0.357. The Morgan fingerprint density at radius 2 is 2.10 bits per heavy atom. The van der Waals surface area contributed by atoms with Crippen LogP contribution in [0.5, 0.6) is 0 Å². The van der Waals surface area contributed by atoms with Crippen LogP contribution >= 0.6 is 15.9 Å². The van der Waals surface area contributed by atoms with Crippen molar-refractivity contribution in [3.63, 3.8) is 0 Å². The number of amides is 2. The van der Waals surface area contributed by atoms with E-state index in [0.29, 0.717) is 6.54 Å². The molecule has 6 nitrogen and oxygen atoms in total. The average Bonchev–Trinajstić information content (AvgIpc) is 2.81. The molecule has 1 heterocycles. The molecule has 0 bridgehead atoms. The molecule has 1 atom stereocenters. The van der Waals surface area contributed by atoms with Crippen molar-refractivity contribution in [2.45, 2.75) is 12.8 Å². The standard InChI is InChI=1S/C14H15BrN2O4/c15-10-3-1-2-4-11(10)17-8-9(7-12(17)18)14(21)16-6-5-13(19)20/h1-4,9H,5-8H2,(H,16,21)(H,19,20). The molecule has 2 rings (SSSR count). The molecule has 2 N–H and O–H groups in total. The predicted octanol–water partition coefficient (Wildman–Crippen LogP) is 1.39. The third-order valence-electron chi connectivity index (χ3n) is 3.28. The number of hydrogen-bond acceptors (Lipinski definition) is 3. The number of carboxylic acids is 1. The van der Waals surface area contributed by atoms with Crippen molar-refractivity contribution >= 4 is 39.4 Å². The minimum Gasteiger partial charge on any atom is -0.481 e. The Morgan fingerprint density at radius 1 is 1.38 bits per heavy atom. The largest absolute Gasteiger partial charge is 0.481 e. The highest BCUT2D eigenvalue weighted by molar-refractivity contribution is 9.10. The summed E-state index contributed by atoms with van der Waals surface area (Å²) in [5.41, 5.74) is 0.739. The number of benzene rings is 1. The van der Waals surface area contributed by atoms with Crippen LogP contribution in [0.4, 0.5) is 5.69 Å². The van der Waals surface area contributed by atoms with Crippen molar-refractivity contribution in [2.75, 3.05) is 18.0 Å². The molecular formula is C14H15BrN2O4. The maximum Gasteiger partial charge on any atom is 0.305 e. The van der Waals surface area contributed by atoms with Gasteiger partial charge in [0.15, 0.2) is 0 Å². The average molecular weight is 355 g/mol. The molecule has 0 aliphatic carbocycles. The molecular weight excluding hydrogens is 340 g/mol. The summed E-state index contributed by atoms with van der Waals surface area (Å²) >= 11 is 3.39. The lowest BCUT2D eigenvalue weighted by Gasteiger charge is -2.18. The van der Waals surface area contributed by atoms with Gasteiger partial charge < -0.3 is 15.3 Å². The number of nitrogens with zero attached hydrogens (tertiary/aromatic N) is 1. The van der Waals surface area contributed by atoms with Crippen LogP contribution in [0.25, 0.3) is 0 Å². The minimum absolute atomic E-state index is 0.0773. The first kappa shape index (κ1) is 15.5. The van der Waals surface area contributed by atoms with Gasteiger partial charge in [-0.1, -0.05) is 12.1 Å². The topological polar surface area (TPSA) is 86.7 Å². The monoisotopic (exact) mass is 354 g/mol. The fourth-order valence-corrected chi connectivity index (χ4v) is 2.72. The molecule has 7 heteroatoms. The van der Waals surface area contributed by atoms with E-state index >= 15 is 0 Å². The van der Waals surface area contributed by atoms with Crippen molar-refractivity contribution in [3.8, 4) is 0 Å². The van der Waals surface area contributed by atoms with Gasteiger partial charge in [-0.15, -0.1) is 0 Å². The Labute approximate surface area is 130 Å². The van der Waals surface area contributed by atoms with Gasteiger partial charge in [0, 0.05) is 24.0 Å². The summed E-state index contributed by atoms with van der Waals surface area (Å²) in [6, 6.07) is 7.33. The molecule has 112 valence electrons. The number of hydrogen-bond donors (Lipinski definition) is 2. The Hall–Kier alpha value is -1.89. The van der Waals surface area contributed by atoms with Crippen molar-refractivity contribution < 1.29 is 19.5 Å². The first-order valence-corrected chi connectivity index (χ1v) is 7.32. The van der Waals surface area contributed by atoms with E-state index in [1.807, 2.05) is 24.3 Å². The fourth-order valence-electron chi connectivity index (χ4n) is 2.22. The third kappa shape index (κ3) is 3.81. The smallest absolute Gasteiger partial charge is 0.305 e. The van der Waals surface area contributed by atoms with Crippen molar-refractivity contribution in [3.05, 3.63) is 28.7 Å². The van der Waals surface area contributed by atoms with Crippen LogP contribution in [0, 0.1) is 5.92 Å². The molecule has 1 fully saturated rings. The van der Waals surface area contributed by atoms with E-state index < -0.39 is 11.9 Å². The summed E-state index contributed by atoms with van der Waals surface area (Å²) in [5.74, 6) is -1.80. The summed E-state index contributed by atoms with van der Waals surface area (Å²) < 4.78 is 0.797. The van der Waals surface area contributed by atoms with Gasteiger partial charge in [-0.3, -0.25) is 14.4 Å². The Bertz CT molecular complexity index is 576. The highest BCUT2D eigenvalue weighted by Gasteiger charge is 2.35. The Balaban J connectivity index is 1.98. The number of carbonyl (C=O) groups excluding carboxylic acids is 2. The number of anilines is 1. The van der Waals surface area contributed by atoms with Gasteiger partial charge in [-0.2, -0.15) is 0 Å². The van der Waals surface area contributed by atoms with Gasteiger partial charge in [0.2, 0.25) is 11.8 Å². The van der Waals surface area contributed by atoms with Crippen molar-refractivity contribution in [2.24, 2.45) is 5.92 Å². The molecule has 1 aromatic rings. The molecule has 21 heavy (non-hydrogen) atoms. The van der Waals surface area contributed by atoms with E-state index in [1.54, 1.807) is 4.90 Å². The highest BCUT2D eigenvalue weighted by atomic mass is 79.9. The summed E-state index contributed by atoms with van der Waals surface area (Å²) in [5, 5.41) is 11.1. The summed E-state index contributed by atoms with van der Waals surface area (Å²) in [7, 11) is 0. The lowest BCUT2D eigenvalue weighted by Crippen LogP contribution is -2.34. The zero-order valence-electron chi connectivity index (χ0n) is 11.2. The molecule has 0 radical (unpaired) electrons. The van der Waals surface area contributed by atoms with Gasteiger partial charge in [-0.05, 0) is 28.1 Å². The SMILES string of the molecule is O=C(O)CCNC(=O)C1CC(=O)N(c2ccccc2Br)C1. The molecule has 1 aliphatic rings. The number of carboxylic acid groups (broad SMARTS) is 1. The number of para-hydroxylation sites is 1. The van der Waals surface area contributed by atoms with Crippen LogP contribution in [-0.4, -0.2) is 36.0 Å². The lowest BCUT2D eigenvalue weighted by atomic mass is 10.1. The van der Waals surface area contributed by atoms with Gasteiger partial charge >= 0.3 is 5.97 Å². The van der Waals surface area contributed by atoms with Crippen LogP contribution in [0.1, 0.15) is 12.8 Å². The van der Waals surface area contributed by atoms with E-state index in [4.69, 9.17) is 5.11 Å². The maximum absolute atomic E-state index is 12.1. The number of rotatable bonds is 5. The molecule has 1 aromatic carbocycles. The Kier molecular flexibility index (Phi) is 4.95. The van der Waals surface area contributed by atoms with E-state index in [0.717, 1.165) is 10.2 Å². The first-order chi connectivity index (χ1) is 9.99. The molecule has 0 spiro atoms. The second-order valence-electron chi connectivity index (χ2n) is 4.79. The van der Waals surface area contributed by atoms with Crippen LogP contribution in [0.2, 0.25) is 0 Å². The molecule has 1 saturated heterocycles. The van der Waals surface area contributed by atoms with Crippen LogP contribution in [0.15, 0.2) is 28.7 Å². The van der Waals surface area contributed by atoms with E-state index in [2.05, 4.69) is 21.2 Å². The highest BCUT2D eigenvalue weighted by Crippen LogP contribution is 2.31. The molecule has 2 amide bonds. The van der Waals surface area contributed by atoms with Gasteiger partial charge in [0.1, 0.15) is 0 Å². The summed E-state index contributed by atoms with van der Waals surface area (Å²) in [4.78, 5) is 36.0.